The number of hydrogen-bond acceptors (Lipinski definition) is 3. The molecule has 4 heteroatoms. The van der Waals surface area contributed by atoms with E-state index in [1.807, 2.05) is 36.4 Å². The summed E-state index contributed by atoms with van der Waals surface area (Å²) in [6.07, 6.45) is -1.65. The highest BCUT2D eigenvalue weighted by atomic mass is 35.5. The Kier molecular flexibility index (Phi) is 2.69. The van der Waals surface area contributed by atoms with Gasteiger partial charge in [-0.15, -0.1) is 0 Å². The molecule has 1 heterocycles. The fourth-order valence-corrected chi connectivity index (χ4v) is 1.94. The zero-order valence-corrected chi connectivity index (χ0v) is 10.7. The average Bonchev–Trinajstić information content (AvgIpc) is 2.54. The van der Waals surface area contributed by atoms with Gasteiger partial charge in [0.1, 0.15) is 6.14 Å². The van der Waals surface area contributed by atoms with E-state index in [1.54, 1.807) is 24.3 Å². The molecule has 0 aromatic heterocycles. The molecule has 2 aromatic rings. The van der Waals surface area contributed by atoms with Gasteiger partial charge in [-0.05, 0) is 17.2 Å². The third-order valence-electron chi connectivity index (χ3n) is 2.67. The summed E-state index contributed by atoms with van der Waals surface area (Å²) < 4.78 is 16.6. The monoisotopic (exact) mass is 271 g/mol. The third-order valence-corrected chi connectivity index (χ3v) is 2.84. The molecule has 1 atom stereocenters. The Morgan fingerprint density at radius 2 is 1.68 bits per heavy atom. The summed E-state index contributed by atoms with van der Waals surface area (Å²) in [6, 6.07) is 18.3. The molecular weight excluding hydrogens is 258 g/mol. The molecule has 3 nitrogen and oxygen atoms in total. The first-order valence-electron chi connectivity index (χ1n) is 6.80. The van der Waals surface area contributed by atoms with Crippen LogP contribution in [-0.4, -0.2) is 11.1 Å². The van der Waals surface area contributed by atoms with E-state index in [4.69, 9.17) is 14.4 Å². The van der Waals surface area contributed by atoms with Gasteiger partial charge >= 0.3 is 0 Å². The molecule has 0 saturated heterocycles. The molecular formula is C15H12ClN3. The molecule has 1 N–H and O–H groups in total. The molecule has 2 aromatic carbocycles. The van der Waals surface area contributed by atoms with Gasteiger partial charge in [0.25, 0.3) is 0 Å². The first-order valence-corrected chi connectivity index (χ1v) is 6.23. The van der Waals surface area contributed by atoms with Gasteiger partial charge in [0.05, 0.1) is 1.37 Å². The van der Waals surface area contributed by atoms with Crippen LogP contribution in [0.5, 0.6) is 0 Å². The van der Waals surface area contributed by atoms with Gasteiger partial charge in [-0.3, -0.25) is 0 Å². The number of hydrogen-bond donors (Lipinski definition) is 1. The Labute approximate surface area is 119 Å². The number of rotatable bonds is 2. The van der Waals surface area contributed by atoms with Gasteiger partial charge < -0.3 is 5.31 Å². The van der Waals surface area contributed by atoms with Crippen molar-refractivity contribution in [3.05, 3.63) is 71.8 Å². The van der Waals surface area contributed by atoms with Crippen molar-refractivity contribution in [3.63, 3.8) is 0 Å². The van der Waals surface area contributed by atoms with E-state index in [1.165, 1.54) is 0 Å². The van der Waals surface area contributed by atoms with Crippen LogP contribution in [0.25, 0.3) is 0 Å². The van der Waals surface area contributed by atoms with Crippen LogP contribution in [0.2, 0.25) is 1.41 Å². The van der Waals surface area contributed by atoms with Crippen LogP contribution in [0.15, 0.2) is 70.6 Å². The van der Waals surface area contributed by atoms with E-state index < -0.39 is 6.14 Å². The summed E-state index contributed by atoms with van der Waals surface area (Å²) in [5, 5.41) is 0.721. The Balaban J connectivity index is 2.13. The highest BCUT2D eigenvalue weighted by Gasteiger charge is 2.17. The number of nitrogens with one attached hydrogen (secondary N) is 1. The second kappa shape index (κ2) is 5.24. The molecule has 94 valence electrons. The molecule has 0 bridgehead atoms. The van der Waals surface area contributed by atoms with Crippen LogP contribution in [0.4, 0.5) is 0 Å². The van der Waals surface area contributed by atoms with Crippen molar-refractivity contribution in [2.45, 2.75) is 6.14 Å². The molecule has 1 unspecified atom stereocenters. The van der Waals surface area contributed by atoms with E-state index in [9.17, 15) is 0 Å². The first kappa shape index (κ1) is 9.75. The fourth-order valence-electron chi connectivity index (χ4n) is 1.78. The number of aliphatic imine (C=N–C) groups is 2. The van der Waals surface area contributed by atoms with Gasteiger partial charge in [-0.1, -0.05) is 60.7 Å². The van der Waals surface area contributed by atoms with Gasteiger partial charge in [0, 0.05) is 5.56 Å². The predicted octanol–water partition coefficient (Wildman–Crippen LogP) is 3.33. The summed E-state index contributed by atoms with van der Waals surface area (Å²) in [4.78, 5) is 8.44. The number of halogens is 1. The van der Waals surface area contributed by atoms with Crippen LogP contribution >= 0.6 is 11.6 Å². The Bertz CT molecular complexity index is 703. The zero-order chi connectivity index (χ0) is 14.9. The van der Waals surface area contributed by atoms with Crippen LogP contribution in [-0.2, 0) is 0 Å². The molecule has 1 aliphatic heterocycles. The summed E-state index contributed by atoms with van der Waals surface area (Å²) in [6.45, 7) is 0. The maximum atomic E-state index is 8.56. The van der Waals surface area contributed by atoms with Crippen LogP contribution in [0, 0.1) is 0 Å². The lowest BCUT2D eigenvalue weighted by Gasteiger charge is -2.20. The zero-order valence-electron chi connectivity index (χ0n) is 12.0. The highest BCUT2D eigenvalue weighted by molar-refractivity contribution is 6.65. The maximum absolute atomic E-state index is 8.56. The molecule has 1 aliphatic rings. The number of benzene rings is 2. The lowest BCUT2D eigenvalue weighted by molar-refractivity contribution is 0.680. The third kappa shape index (κ3) is 2.66. The topological polar surface area (TPSA) is 36.8 Å². The SMILES string of the molecule is [2H]N1C(Cl)=NC(c2ccccc2)=NC1([2H])c1ccccc1. The molecule has 0 fully saturated rings. The molecule has 3 rings (SSSR count). The Morgan fingerprint density at radius 3 is 2.37 bits per heavy atom. The predicted molar refractivity (Wildman–Crippen MR) is 78.6 cm³/mol. The molecule has 0 radical (unpaired) electrons. The Morgan fingerprint density at radius 1 is 1.05 bits per heavy atom. The van der Waals surface area contributed by atoms with Crippen molar-refractivity contribution in [2.24, 2.45) is 9.98 Å². The lowest BCUT2D eigenvalue weighted by Crippen LogP contribution is -2.29. The summed E-state index contributed by atoms with van der Waals surface area (Å²) in [5.74, 6) is 0.350. The highest BCUT2D eigenvalue weighted by Crippen LogP contribution is 2.20. The van der Waals surface area contributed by atoms with Crippen LogP contribution in [0.3, 0.4) is 0 Å². The van der Waals surface area contributed by atoms with E-state index >= 15 is 0 Å². The van der Waals surface area contributed by atoms with E-state index in [-0.39, 0.29) is 5.29 Å². The fraction of sp³-hybridized carbons (Fsp3) is 0.0667. The lowest BCUT2D eigenvalue weighted by atomic mass is 10.1. The molecule has 0 aliphatic carbocycles. The minimum atomic E-state index is -1.65. The Hall–Kier alpha value is -2.13. The van der Waals surface area contributed by atoms with Gasteiger partial charge in [0.2, 0.25) is 0 Å². The van der Waals surface area contributed by atoms with Gasteiger partial charge in [-0.2, -0.15) is 0 Å². The molecule has 0 spiro atoms. The summed E-state index contributed by atoms with van der Waals surface area (Å²) in [7, 11) is 0. The van der Waals surface area contributed by atoms with Crippen molar-refractivity contribution < 1.29 is 2.78 Å². The van der Waals surface area contributed by atoms with Crippen LogP contribution < -0.4 is 5.31 Å². The van der Waals surface area contributed by atoms with E-state index in [0.717, 1.165) is 10.9 Å². The number of amidine groups is 2. The maximum Gasteiger partial charge on any atom is 0.199 e. The average molecular weight is 272 g/mol. The second-order valence-corrected chi connectivity index (χ2v) is 4.32. The van der Waals surface area contributed by atoms with Crippen LogP contribution in [0.1, 0.15) is 18.6 Å². The number of nitrogens with zero attached hydrogens (tertiary/aromatic N) is 2. The summed E-state index contributed by atoms with van der Waals surface area (Å²) >= 11 is 6.03. The smallest absolute Gasteiger partial charge is 0.199 e. The quantitative estimate of drug-likeness (QED) is 0.836. The minimum absolute atomic E-state index is 0.0808. The van der Waals surface area contributed by atoms with E-state index in [2.05, 4.69) is 9.98 Å². The second-order valence-electron chi connectivity index (χ2n) is 3.98. The molecule has 19 heavy (non-hydrogen) atoms. The normalized spacial score (nSPS) is 24.2. The molecule has 0 amide bonds. The van der Waals surface area contributed by atoms with Crippen molar-refractivity contribution in [1.29, 1.82) is 0 Å². The minimum Gasteiger partial charge on any atom is -0.335 e. The van der Waals surface area contributed by atoms with E-state index in [0.29, 0.717) is 11.4 Å². The van der Waals surface area contributed by atoms with Crippen molar-refractivity contribution in [2.75, 3.05) is 0 Å². The first-order chi connectivity index (χ1) is 10.1. The standard InChI is InChI=1S/C15H12ClN3/c16-15-18-13(11-7-3-1-4-8-11)17-14(19-15)12-9-5-2-6-10-12/h1-10,13H,(H,17,18,19)/i13D/hD. The van der Waals surface area contributed by atoms with Crippen molar-refractivity contribution >= 4 is 22.7 Å². The van der Waals surface area contributed by atoms with Gasteiger partial charge in [-0.25, -0.2) is 9.98 Å². The van der Waals surface area contributed by atoms with Crippen molar-refractivity contribution in [3.8, 4) is 0 Å². The molecule has 0 saturated carbocycles. The summed E-state index contributed by atoms with van der Waals surface area (Å²) in [5.41, 5.74) is 1.32. The largest absolute Gasteiger partial charge is 0.335 e. The van der Waals surface area contributed by atoms with Crippen molar-refractivity contribution in [1.82, 2.24) is 5.31 Å². The van der Waals surface area contributed by atoms with Gasteiger partial charge in [0.15, 0.2) is 12.5 Å².